The van der Waals surface area contributed by atoms with Gasteiger partial charge in [0.15, 0.2) is 5.82 Å². The van der Waals surface area contributed by atoms with Gasteiger partial charge in [-0.05, 0) is 44.4 Å². The number of aromatic nitrogens is 2. The maximum Gasteiger partial charge on any atom is 0.180 e. The van der Waals surface area contributed by atoms with Gasteiger partial charge in [-0.2, -0.15) is 0 Å². The quantitative estimate of drug-likeness (QED) is 0.723. The molecule has 1 saturated heterocycles. The molecule has 3 aromatic rings. The van der Waals surface area contributed by atoms with Crippen LogP contribution in [0.3, 0.4) is 0 Å². The number of nitrogens with one attached hydrogen (secondary N) is 1. The molecule has 3 heterocycles. The Labute approximate surface area is 161 Å². The molecule has 1 aliphatic heterocycles. The van der Waals surface area contributed by atoms with Crippen LogP contribution in [0, 0.1) is 20.8 Å². The molecule has 0 amide bonds. The van der Waals surface area contributed by atoms with E-state index >= 15 is 0 Å². The van der Waals surface area contributed by atoms with Crippen molar-refractivity contribution in [2.24, 2.45) is 0 Å². The second-order valence-corrected chi connectivity index (χ2v) is 7.61. The molecule has 5 heteroatoms. The van der Waals surface area contributed by atoms with Crippen LogP contribution in [0.4, 0.5) is 0 Å². The first-order valence-corrected chi connectivity index (χ1v) is 9.71. The molecule has 2 aromatic heterocycles. The second-order valence-electron chi connectivity index (χ2n) is 7.61. The molecule has 1 fully saturated rings. The monoisotopic (exact) mass is 364 g/mol. The van der Waals surface area contributed by atoms with Crippen LogP contribution in [-0.4, -0.2) is 33.8 Å². The van der Waals surface area contributed by atoms with E-state index in [9.17, 15) is 0 Å². The van der Waals surface area contributed by atoms with Gasteiger partial charge in [0.2, 0.25) is 0 Å². The summed E-state index contributed by atoms with van der Waals surface area (Å²) in [5.74, 6) is 1.70. The van der Waals surface area contributed by atoms with Gasteiger partial charge in [-0.25, -0.2) is 0 Å². The van der Waals surface area contributed by atoms with Gasteiger partial charge in [-0.15, -0.1) is 0 Å². The fraction of sp³-hybridized carbons (Fsp3) is 0.409. The lowest BCUT2D eigenvalue weighted by Gasteiger charge is -2.17. The zero-order valence-electron chi connectivity index (χ0n) is 16.4. The third-order valence-electron chi connectivity index (χ3n) is 5.48. The molecule has 0 saturated carbocycles. The van der Waals surface area contributed by atoms with Gasteiger partial charge in [-0.3, -0.25) is 4.90 Å². The van der Waals surface area contributed by atoms with Crippen LogP contribution < -0.4 is 5.32 Å². The van der Waals surface area contributed by atoms with E-state index in [1.807, 2.05) is 13.0 Å². The highest BCUT2D eigenvalue weighted by atomic mass is 16.5. The lowest BCUT2D eigenvalue weighted by Crippen LogP contribution is -2.32. The lowest BCUT2D eigenvalue weighted by atomic mass is 10.2. The van der Waals surface area contributed by atoms with E-state index in [1.54, 1.807) is 0 Å². The maximum absolute atomic E-state index is 5.25. The van der Waals surface area contributed by atoms with E-state index in [0.717, 1.165) is 37.8 Å². The minimum atomic E-state index is 0.547. The van der Waals surface area contributed by atoms with Gasteiger partial charge in [0.1, 0.15) is 5.76 Å². The summed E-state index contributed by atoms with van der Waals surface area (Å²) in [6, 6.07) is 15.5. The lowest BCUT2D eigenvalue weighted by molar-refractivity contribution is 0.320. The van der Waals surface area contributed by atoms with Gasteiger partial charge in [0, 0.05) is 49.7 Å². The number of hydrogen-bond acceptors (Lipinski definition) is 4. The molecule has 1 aliphatic rings. The highest BCUT2D eigenvalue weighted by Crippen LogP contribution is 2.21. The van der Waals surface area contributed by atoms with Crippen LogP contribution in [0.5, 0.6) is 0 Å². The third-order valence-corrected chi connectivity index (χ3v) is 5.48. The molecule has 142 valence electrons. The summed E-state index contributed by atoms with van der Waals surface area (Å²) in [6.07, 6.45) is 1.20. The van der Waals surface area contributed by atoms with Crippen molar-refractivity contribution in [3.63, 3.8) is 0 Å². The van der Waals surface area contributed by atoms with Gasteiger partial charge in [0.25, 0.3) is 0 Å². The molecule has 1 N–H and O–H groups in total. The molecule has 1 atom stereocenters. The predicted molar refractivity (Wildman–Crippen MR) is 107 cm³/mol. The van der Waals surface area contributed by atoms with Crippen LogP contribution in [0.15, 0.2) is 47.0 Å². The molecule has 27 heavy (non-hydrogen) atoms. The molecule has 5 nitrogen and oxygen atoms in total. The van der Waals surface area contributed by atoms with E-state index in [2.05, 4.69) is 70.2 Å². The van der Waals surface area contributed by atoms with Crippen molar-refractivity contribution >= 4 is 0 Å². The van der Waals surface area contributed by atoms with Gasteiger partial charge >= 0.3 is 0 Å². The van der Waals surface area contributed by atoms with Crippen molar-refractivity contribution in [1.29, 1.82) is 0 Å². The van der Waals surface area contributed by atoms with Gasteiger partial charge in [0.05, 0.1) is 0 Å². The van der Waals surface area contributed by atoms with Crippen molar-refractivity contribution in [1.82, 2.24) is 19.9 Å². The molecular formula is C22H28N4O. The first-order valence-electron chi connectivity index (χ1n) is 9.71. The predicted octanol–water partition coefficient (Wildman–Crippen LogP) is 3.75. The van der Waals surface area contributed by atoms with Gasteiger partial charge in [-0.1, -0.05) is 35.5 Å². The van der Waals surface area contributed by atoms with E-state index < -0.39 is 0 Å². The Kier molecular flexibility index (Phi) is 5.14. The summed E-state index contributed by atoms with van der Waals surface area (Å²) >= 11 is 0. The first kappa shape index (κ1) is 18.0. The van der Waals surface area contributed by atoms with Crippen molar-refractivity contribution in [3.05, 3.63) is 70.7 Å². The Balaban J connectivity index is 1.36. The van der Waals surface area contributed by atoms with Crippen molar-refractivity contribution < 1.29 is 4.52 Å². The normalized spacial score (nSPS) is 17.7. The van der Waals surface area contributed by atoms with Crippen molar-refractivity contribution in [3.8, 4) is 5.82 Å². The average Bonchev–Trinajstić information content (AvgIpc) is 3.34. The first-order chi connectivity index (χ1) is 13.1. The maximum atomic E-state index is 5.25. The summed E-state index contributed by atoms with van der Waals surface area (Å²) in [6.45, 7) is 10.4. The topological polar surface area (TPSA) is 46.2 Å². The number of benzene rings is 1. The zero-order valence-corrected chi connectivity index (χ0v) is 16.4. The summed E-state index contributed by atoms with van der Waals surface area (Å²) < 4.78 is 7.42. The highest BCUT2D eigenvalue weighted by Gasteiger charge is 2.22. The minimum absolute atomic E-state index is 0.547. The number of nitrogens with zero attached hydrogens (tertiary/aromatic N) is 3. The third kappa shape index (κ3) is 3.99. The molecule has 0 spiro atoms. The summed E-state index contributed by atoms with van der Waals surface area (Å²) in [7, 11) is 0. The molecule has 0 unspecified atom stereocenters. The number of likely N-dealkylation sites (tertiary alicyclic amines) is 1. The van der Waals surface area contributed by atoms with Gasteiger partial charge < -0.3 is 14.4 Å². The van der Waals surface area contributed by atoms with Crippen molar-refractivity contribution in [2.75, 3.05) is 13.1 Å². The average molecular weight is 364 g/mol. The molecular weight excluding hydrogens is 336 g/mol. The Morgan fingerprint density at radius 3 is 2.70 bits per heavy atom. The minimum Gasteiger partial charge on any atom is -0.360 e. The second kappa shape index (κ2) is 7.71. The number of aryl methyl sites for hydroxylation is 2. The van der Waals surface area contributed by atoms with Crippen LogP contribution >= 0.6 is 0 Å². The Bertz CT molecular complexity index is 896. The largest absolute Gasteiger partial charge is 0.360 e. The van der Waals surface area contributed by atoms with Crippen LogP contribution in [0.2, 0.25) is 0 Å². The fourth-order valence-corrected chi connectivity index (χ4v) is 4.06. The molecule has 0 radical (unpaired) electrons. The number of rotatable bonds is 6. The summed E-state index contributed by atoms with van der Waals surface area (Å²) in [5.41, 5.74) is 5.14. The molecule has 1 aromatic carbocycles. The van der Waals surface area contributed by atoms with Crippen LogP contribution in [0.1, 0.15) is 34.7 Å². The van der Waals surface area contributed by atoms with E-state index in [0.29, 0.717) is 6.04 Å². The van der Waals surface area contributed by atoms with Crippen LogP contribution in [0.25, 0.3) is 5.82 Å². The smallest absolute Gasteiger partial charge is 0.180 e. The zero-order chi connectivity index (χ0) is 18.8. The highest BCUT2D eigenvalue weighted by molar-refractivity contribution is 5.36. The standard InChI is InChI=1S/C22H28N4O/c1-16-11-20(18(3)26(16)22-12-17(2)27-24-22)13-23-21-9-10-25(15-21)14-19-7-5-4-6-8-19/h4-8,11-12,21,23H,9-10,13-15H2,1-3H3/t21-/m0/s1. The number of hydrogen-bond donors (Lipinski definition) is 1. The van der Waals surface area contributed by atoms with Crippen LogP contribution in [-0.2, 0) is 13.1 Å². The van der Waals surface area contributed by atoms with E-state index in [1.165, 1.54) is 28.9 Å². The molecule has 0 aliphatic carbocycles. The van der Waals surface area contributed by atoms with Crippen molar-refractivity contribution in [2.45, 2.75) is 46.3 Å². The Hall–Kier alpha value is -2.37. The Morgan fingerprint density at radius 2 is 1.96 bits per heavy atom. The molecule has 0 bridgehead atoms. The fourth-order valence-electron chi connectivity index (χ4n) is 4.06. The SMILES string of the molecule is Cc1cc(-n2c(C)cc(CN[C@H]3CCN(Cc4ccccc4)C3)c2C)no1. The van der Waals surface area contributed by atoms with E-state index in [-0.39, 0.29) is 0 Å². The van der Waals surface area contributed by atoms with E-state index in [4.69, 9.17) is 4.52 Å². The summed E-state index contributed by atoms with van der Waals surface area (Å²) in [4.78, 5) is 2.54. The summed E-state index contributed by atoms with van der Waals surface area (Å²) in [5, 5.41) is 7.92. The molecule has 4 rings (SSSR count). The Morgan fingerprint density at radius 1 is 1.15 bits per heavy atom.